The minimum absolute atomic E-state index is 0.265. The van der Waals surface area contributed by atoms with Crippen LogP contribution in [0.15, 0.2) is 28.9 Å². The molecule has 0 aliphatic heterocycles. The van der Waals surface area contributed by atoms with Gasteiger partial charge in [-0.05, 0) is 45.4 Å². The van der Waals surface area contributed by atoms with Crippen molar-refractivity contribution in [1.29, 1.82) is 0 Å². The summed E-state index contributed by atoms with van der Waals surface area (Å²) in [6.45, 7) is 9.61. The average molecular weight is 382 g/mol. The molecule has 5 nitrogen and oxygen atoms in total. The molecule has 0 atom stereocenters. The summed E-state index contributed by atoms with van der Waals surface area (Å²) in [4.78, 5) is 14.0. The number of amides is 1. The Bertz CT molecular complexity index is 676. The molecule has 0 aliphatic carbocycles. The van der Waals surface area contributed by atoms with Gasteiger partial charge >= 0.3 is 6.09 Å². The third-order valence-electron chi connectivity index (χ3n) is 3.26. The van der Waals surface area contributed by atoms with Crippen molar-refractivity contribution in [3.63, 3.8) is 0 Å². The molecular weight excluding hydrogens is 358 g/mol. The topological polar surface area (TPSA) is 47.4 Å². The number of carbonyl (C=O) groups is 1. The molecule has 2 aromatic rings. The highest BCUT2D eigenvalue weighted by Gasteiger charge is 2.21. The molecule has 126 valence electrons. The van der Waals surface area contributed by atoms with Crippen molar-refractivity contribution in [2.45, 2.75) is 46.3 Å². The van der Waals surface area contributed by atoms with E-state index >= 15 is 0 Å². The van der Waals surface area contributed by atoms with Crippen molar-refractivity contribution in [2.75, 3.05) is 13.1 Å². The Balaban J connectivity index is 2.03. The minimum atomic E-state index is -0.476. The first-order valence-corrected chi connectivity index (χ1v) is 8.68. The Morgan fingerprint density at radius 1 is 1.35 bits per heavy atom. The predicted molar refractivity (Wildman–Crippen MR) is 95.5 cm³/mol. The number of halogens is 1. The number of carbonyl (C=O) groups excluding carboxylic acids is 1. The molecule has 0 radical (unpaired) electrons. The fraction of sp³-hybridized carbons (Fsp3) is 0.529. The maximum atomic E-state index is 12.3. The predicted octanol–water partition coefficient (Wildman–Crippen LogP) is 4.45. The van der Waals surface area contributed by atoms with Crippen molar-refractivity contribution in [2.24, 2.45) is 0 Å². The lowest BCUT2D eigenvalue weighted by Crippen LogP contribution is -2.39. The van der Waals surface area contributed by atoms with Crippen LogP contribution in [0.5, 0.6) is 0 Å². The molecule has 23 heavy (non-hydrogen) atoms. The summed E-state index contributed by atoms with van der Waals surface area (Å²) < 4.78 is 8.38. The van der Waals surface area contributed by atoms with Gasteiger partial charge in [-0.3, -0.25) is 4.68 Å². The number of fused-ring (bicyclic) bond motifs is 1. The molecule has 2 rings (SSSR count). The third kappa shape index (κ3) is 5.23. The summed E-state index contributed by atoms with van der Waals surface area (Å²) in [6.07, 6.45) is 2.63. The first-order chi connectivity index (χ1) is 10.8. The highest BCUT2D eigenvalue weighted by molar-refractivity contribution is 9.10. The van der Waals surface area contributed by atoms with Gasteiger partial charge in [0.2, 0.25) is 0 Å². The molecule has 0 saturated carbocycles. The van der Waals surface area contributed by atoms with E-state index in [1.807, 2.05) is 49.8 Å². The Kier molecular flexibility index (Phi) is 5.68. The minimum Gasteiger partial charge on any atom is -0.444 e. The van der Waals surface area contributed by atoms with Gasteiger partial charge in [0.1, 0.15) is 5.60 Å². The van der Waals surface area contributed by atoms with Crippen molar-refractivity contribution in [3.8, 4) is 0 Å². The summed E-state index contributed by atoms with van der Waals surface area (Å²) in [5.41, 5.74) is 0.475. The van der Waals surface area contributed by atoms with E-state index in [1.54, 1.807) is 4.90 Å². The van der Waals surface area contributed by atoms with E-state index in [9.17, 15) is 4.79 Å². The molecule has 0 aliphatic rings. The van der Waals surface area contributed by atoms with E-state index in [0.29, 0.717) is 19.6 Å². The monoisotopic (exact) mass is 381 g/mol. The normalized spacial score (nSPS) is 11.7. The Morgan fingerprint density at radius 3 is 2.74 bits per heavy atom. The van der Waals surface area contributed by atoms with Crippen LogP contribution in [0.1, 0.15) is 34.1 Å². The van der Waals surface area contributed by atoms with Gasteiger partial charge in [0.15, 0.2) is 0 Å². The fourth-order valence-corrected chi connectivity index (χ4v) is 2.65. The number of nitrogens with zero attached hydrogens (tertiary/aromatic N) is 3. The molecule has 1 amide bonds. The summed E-state index contributed by atoms with van der Waals surface area (Å²) in [7, 11) is 0. The van der Waals surface area contributed by atoms with Crippen molar-refractivity contribution in [3.05, 3.63) is 28.9 Å². The van der Waals surface area contributed by atoms with Crippen LogP contribution < -0.4 is 0 Å². The highest BCUT2D eigenvalue weighted by atomic mass is 79.9. The number of benzene rings is 1. The largest absolute Gasteiger partial charge is 0.444 e. The van der Waals surface area contributed by atoms with Crippen LogP contribution in [0, 0.1) is 0 Å². The second-order valence-corrected chi connectivity index (χ2v) is 7.48. The molecule has 0 N–H and O–H groups in total. The maximum absolute atomic E-state index is 12.3. The van der Waals surface area contributed by atoms with Crippen LogP contribution in [0.25, 0.3) is 10.9 Å². The summed E-state index contributed by atoms with van der Waals surface area (Å²) in [6, 6.07) is 5.99. The van der Waals surface area contributed by atoms with Gasteiger partial charge < -0.3 is 9.64 Å². The van der Waals surface area contributed by atoms with E-state index in [1.165, 1.54) is 0 Å². The van der Waals surface area contributed by atoms with Crippen LogP contribution >= 0.6 is 15.9 Å². The van der Waals surface area contributed by atoms with Crippen molar-refractivity contribution in [1.82, 2.24) is 14.7 Å². The molecule has 0 bridgehead atoms. The van der Waals surface area contributed by atoms with Gasteiger partial charge in [-0.1, -0.05) is 22.9 Å². The summed E-state index contributed by atoms with van der Waals surface area (Å²) in [5, 5.41) is 5.62. The number of hydrogen-bond donors (Lipinski definition) is 0. The highest BCUT2D eigenvalue weighted by Crippen LogP contribution is 2.18. The van der Waals surface area contributed by atoms with E-state index in [2.05, 4.69) is 28.0 Å². The molecule has 0 saturated heterocycles. The Labute approximate surface area is 145 Å². The number of rotatable bonds is 5. The van der Waals surface area contributed by atoms with E-state index < -0.39 is 5.60 Å². The van der Waals surface area contributed by atoms with Gasteiger partial charge in [0.05, 0.1) is 12.1 Å². The van der Waals surface area contributed by atoms with Crippen LogP contribution in [-0.4, -0.2) is 39.5 Å². The van der Waals surface area contributed by atoms with Crippen LogP contribution in [0.2, 0.25) is 0 Å². The van der Waals surface area contributed by atoms with Crippen LogP contribution in [0.3, 0.4) is 0 Å². The third-order valence-corrected chi connectivity index (χ3v) is 3.75. The lowest BCUT2D eigenvalue weighted by atomic mass is 10.2. The van der Waals surface area contributed by atoms with Gasteiger partial charge in [-0.15, -0.1) is 0 Å². The van der Waals surface area contributed by atoms with Gasteiger partial charge in [0, 0.05) is 29.1 Å². The standard InChI is InChI=1S/C17H24BrN3O2/c1-5-8-20(16(22)23-17(2,3)4)9-10-21-12-13-11-14(18)6-7-15(13)19-21/h6-7,11-12H,5,8-10H2,1-4H3. The van der Waals surface area contributed by atoms with E-state index in [0.717, 1.165) is 21.8 Å². The smallest absolute Gasteiger partial charge is 0.410 e. The number of hydrogen-bond acceptors (Lipinski definition) is 3. The molecule has 1 aromatic carbocycles. The molecule has 1 heterocycles. The second kappa shape index (κ2) is 7.34. The van der Waals surface area contributed by atoms with Crippen molar-refractivity contribution < 1.29 is 9.53 Å². The molecule has 6 heteroatoms. The summed E-state index contributed by atoms with van der Waals surface area (Å²) in [5.74, 6) is 0. The molecule has 0 unspecified atom stereocenters. The van der Waals surface area contributed by atoms with E-state index in [-0.39, 0.29) is 6.09 Å². The average Bonchev–Trinajstić information content (AvgIpc) is 2.83. The lowest BCUT2D eigenvalue weighted by molar-refractivity contribution is 0.0242. The van der Waals surface area contributed by atoms with Crippen LogP contribution in [-0.2, 0) is 11.3 Å². The molecule has 0 fully saturated rings. The first-order valence-electron chi connectivity index (χ1n) is 7.89. The van der Waals surface area contributed by atoms with E-state index in [4.69, 9.17) is 4.74 Å². The fourth-order valence-electron chi connectivity index (χ4n) is 2.28. The Hall–Kier alpha value is -1.56. The van der Waals surface area contributed by atoms with Crippen LogP contribution in [0.4, 0.5) is 4.79 Å². The zero-order valence-electron chi connectivity index (χ0n) is 14.2. The SMILES string of the molecule is CCCN(CCn1cc2cc(Br)ccc2n1)C(=O)OC(C)(C)C. The lowest BCUT2D eigenvalue weighted by Gasteiger charge is -2.27. The number of ether oxygens (including phenoxy) is 1. The zero-order chi connectivity index (χ0) is 17.0. The molecular formula is C17H24BrN3O2. The molecule has 1 aromatic heterocycles. The van der Waals surface area contributed by atoms with Crippen molar-refractivity contribution >= 4 is 32.9 Å². The van der Waals surface area contributed by atoms with Gasteiger partial charge in [0.25, 0.3) is 0 Å². The zero-order valence-corrected chi connectivity index (χ0v) is 15.8. The first kappa shape index (κ1) is 17.8. The van der Waals surface area contributed by atoms with Gasteiger partial charge in [-0.25, -0.2) is 4.79 Å². The maximum Gasteiger partial charge on any atom is 0.410 e. The quantitative estimate of drug-likeness (QED) is 0.768. The summed E-state index contributed by atoms with van der Waals surface area (Å²) >= 11 is 3.46. The second-order valence-electron chi connectivity index (χ2n) is 6.56. The Morgan fingerprint density at radius 2 is 2.09 bits per heavy atom. The van der Waals surface area contributed by atoms with Gasteiger partial charge in [-0.2, -0.15) is 5.10 Å². The number of aromatic nitrogens is 2. The molecule has 0 spiro atoms.